The molecule has 2 aliphatic rings. The van der Waals surface area contributed by atoms with Crippen LogP contribution in [0.25, 0.3) is 11.1 Å². The second-order valence-corrected chi connectivity index (χ2v) is 7.93. The molecule has 4 rings (SSSR count). The zero-order chi connectivity index (χ0) is 20.1. The molecule has 1 aliphatic heterocycles. The number of benzene rings is 1. The van der Waals surface area contributed by atoms with Gasteiger partial charge in [-0.1, -0.05) is 25.0 Å². The smallest absolute Gasteiger partial charge is 0.222 e. The molecule has 2 heterocycles. The summed E-state index contributed by atoms with van der Waals surface area (Å²) in [7, 11) is 0. The maximum atomic E-state index is 9.09. The van der Waals surface area contributed by atoms with E-state index in [4.69, 9.17) is 15.4 Å². The van der Waals surface area contributed by atoms with Crippen LogP contribution in [0.3, 0.4) is 0 Å². The molecule has 1 saturated carbocycles. The number of rotatable bonds is 9. The molecule has 0 bridgehead atoms. The second-order valence-electron chi connectivity index (χ2n) is 7.93. The lowest BCUT2D eigenvalue weighted by atomic mass is 10.0. The van der Waals surface area contributed by atoms with E-state index >= 15 is 0 Å². The molecule has 0 amide bonds. The Balaban J connectivity index is 1.61. The van der Waals surface area contributed by atoms with Crippen LogP contribution in [-0.4, -0.2) is 37.4 Å². The summed E-state index contributed by atoms with van der Waals surface area (Å²) >= 11 is 0. The monoisotopic (exact) mass is 389 g/mol. The maximum Gasteiger partial charge on any atom is 0.222 e. The van der Waals surface area contributed by atoms with E-state index in [9.17, 15) is 0 Å². The topological polar surface area (TPSA) is 93.8 Å². The fraction of sp³-hybridized carbons (Fsp3) is 0.435. The van der Waals surface area contributed by atoms with Crippen LogP contribution in [0.5, 0.6) is 5.88 Å². The van der Waals surface area contributed by atoms with Gasteiger partial charge < -0.3 is 20.8 Å². The fourth-order valence-electron chi connectivity index (χ4n) is 3.67. The molecule has 3 N–H and O–H groups in total. The van der Waals surface area contributed by atoms with Gasteiger partial charge in [0.2, 0.25) is 5.88 Å². The van der Waals surface area contributed by atoms with Crippen LogP contribution in [0.4, 0.5) is 5.69 Å². The SMILES string of the molecule is N#Cc1ccc(-c2cc(NC[C@H]3CCNC3)c(C=N)nc2OCCC2CC2)cc1. The first kappa shape index (κ1) is 19.4. The van der Waals surface area contributed by atoms with Gasteiger partial charge in [0.1, 0.15) is 5.69 Å². The number of nitrogens with zero attached hydrogens (tertiary/aromatic N) is 2. The van der Waals surface area contributed by atoms with Crippen LogP contribution in [0.15, 0.2) is 30.3 Å². The molecule has 1 aromatic carbocycles. The lowest BCUT2D eigenvalue weighted by Gasteiger charge is -2.17. The Bertz CT molecular complexity index is 893. The number of hydrogen-bond acceptors (Lipinski definition) is 6. The molecule has 2 fully saturated rings. The van der Waals surface area contributed by atoms with Crippen molar-refractivity contribution < 1.29 is 4.74 Å². The third-order valence-electron chi connectivity index (χ3n) is 5.68. The van der Waals surface area contributed by atoms with Crippen molar-refractivity contribution in [3.05, 3.63) is 41.6 Å². The number of hydrogen-bond donors (Lipinski definition) is 3. The lowest BCUT2D eigenvalue weighted by molar-refractivity contribution is 0.292. The lowest BCUT2D eigenvalue weighted by Crippen LogP contribution is -2.18. The number of ether oxygens (including phenoxy) is 1. The highest BCUT2D eigenvalue weighted by atomic mass is 16.5. The summed E-state index contributed by atoms with van der Waals surface area (Å²) in [5, 5.41) is 23.8. The molecule has 2 aromatic rings. The third-order valence-corrected chi connectivity index (χ3v) is 5.68. The molecule has 1 aromatic heterocycles. The van der Waals surface area contributed by atoms with E-state index in [-0.39, 0.29) is 0 Å². The summed E-state index contributed by atoms with van der Waals surface area (Å²) in [4.78, 5) is 4.66. The number of nitriles is 1. The van der Waals surface area contributed by atoms with Gasteiger partial charge in [-0.2, -0.15) is 5.26 Å². The van der Waals surface area contributed by atoms with Crippen LogP contribution in [0.1, 0.15) is 36.9 Å². The summed E-state index contributed by atoms with van der Waals surface area (Å²) < 4.78 is 6.06. The molecular weight excluding hydrogens is 362 g/mol. The Morgan fingerprint density at radius 3 is 2.72 bits per heavy atom. The summed E-state index contributed by atoms with van der Waals surface area (Å²) in [6, 6.07) is 11.7. The average Bonchev–Trinajstić information content (AvgIpc) is 3.44. The van der Waals surface area contributed by atoms with Gasteiger partial charge in [-0.15, -0.1) is 0 Å². The molecule has 0 radical (unpaired) electrons. The van der Waals surface area contributed by atoms with Crippen molar-refractivity contribution in [3.63, 3.8) is 0 Å². The van der Waals surface area contributed by atoms with Gasteiger partial charge in [0.25, 0.3) is 0 Å². The Kier molecular flexibility index (Phi) is 6.06. The van der Waals surface area contributed by atoms with Crippen molar-refractivity contribution in [3.8, 4) is 23.1 Å². The number of aromatic nitrogens is 1. The van der Waals surface area contributed by atoms with Gasteiger partial charge in [-0.25, -0.2) is 4.98 Å². The van der Waals surface area contributed by atoms with Crippen molar-refractivity contribution in [2.24, 2.45) is 11.8 Å². The highest BCUT2D eigenvalue weighted by molar-refractivity contribution is 5.87. The van der Waals surface area contributed by atoms with Crippen LogP contribution >= 0.6 is 0 Å². The van der Waals surface area contributed by atoms with Crippen molar-refractivity contribution in [2.75, 3.05) is 31.6 Å². The van der Waals surface area contributed by atoms with Crippen molar-refractivity contribution >= 4 is 11.9 Å². The maximum absolute atomic E-state index is 9.09. The summed E-state index contributed by atoms with van der Waals surface area (Å²) in [5.74, 6) is 1.93. The van der Waals surface area contributed by atoms with Gasteiger partial charge in [-0.3, -0.25) is 0 Å². The van der Waals surface area contributed by atoms with E-state index in [1.54, 1.807) is 0 Å². The molecule has 1 aliphatic carbocycles. The van der Waals surface area contributed by atoms with Crippen LogP contribution in [-0.2, 0) is 0 Å². The molecule has 29 heavy (non-hydrogen) atoms. The Hall–Kier alpha value is -2.91. The zero-order valence-corrected chi connectivity index (χ0v) is 16.6. The van der Waals surface area contributed by atoms with E-state index in [2.05, 4.69) is 21.7 Å². The van der Waals surface area contributed by atoms with E-state index in [0.717, 1.165) is 55.2 Å². The summed E-state index contributed by atoms with van der Waals surface area (Å²) in [6.45, 7) is 3.57. The second kappa shape index (κ2) is 9.06. The molecule has 1 atom stereocenters. The van der Waals surface area contributed by atoms with Crippen molar-refractivity contribution in [2.45, 2.75) is 25.7 Å². The quantitative estimate of drug-likeness (QED) is 0.567. The van der Waals surface area contributed by atoms with Crippen LogP contribution < -0.4 is 15.4 Å². The number of pyridine rings is 1. The van der Waals surface area contributed by atoms with E-state index in [0.29, 0.717) is 29.7 Å². The van der Waals surface area contributed by atoms with Crippen LogP contribution in [0, 0.1) is 28.6 Å². The van der Waals surface area contributed by atoms with Crippen molar-refractivity contribution in [1.29, 1.82) is 10.7 Å². The molecule has 0 unspecified atom stereocenters. The van der Waals surface area contributed by atoms with Gasteiger partial charge in [-0.05, 0) is 61.5 Å². The molecule has 6 nitrogen and oxygen atoms in total. The minimum absolute atomic E-state index is 0.557. The molecule has 0 spiro atoms. The molecule has 6 heteroatoms. The zero-order valence-electron chi connectivity index (χ0n) is 16.6. The minimum atomic E-state index is 0.557. The predicted octanol–water partition coefficient (Wildman–Crippen LogP) is 3.82. The Morgan fingerprint density at radius 2 is 2.07 bits per heavy atom. The highest BCUT2D eigenvalue weighted by Gasteiger charge is 2.22. The fourth-order valence-corrected chi connectivity index (χ4v) is 3.67. The van der Waals surface area contributed by atoms with Crippen LogP contribution in [0.2, 0.25) is 0 Å². The highest BCUT2D eigenvalue weighted by Crippen LogP contribution is 2.35. The largest absolute Gasteiger partial charge is 0.477 e. The molecule has 150 valence electrons. The van der Waals surface area contributed by atoms with E-state index < -0.39 is 0 Å². The van der Waals surface area contributed by atoms with Gasteiger partial charge in [0, 0.05) is 18.3 Å². The number of nitrogens with one attached hydrogen (secondary N) is 3. The molecular formula is C23H27N5O. The third kappa shape index (κ3) is 4.93. The van der Waals surface area contributed by atoms with Gasteiger partial charge >= 0.3 is 0 Å². The average molecular weight is 390 g/mol. The summed E-state index contributed by atoms with van der Waals surface area (Å²) in [5.41, 5.74) is 3.92. The van der Waals surface area contributed by atoms with E-state index in [1.165, 1.54) is 19.1 Å². The van der Waals surface area contributed by atoms with Gasteiger partial charge in [0.15, 0.2) is 0 Å². The van der Waals surface area contributed by atoms with Crippen molar-refractivity contribution in [1.82, 2.24) is 10.3 Å². The first-order chi connectivity index (χ1) is 14.3. The first-order valence-electron chi connectivity index (χ1n) is 10.4. The van der Waals surface area contributed by atoms with Gasteiger partial charge in [0.05, 0.1) is 23.9 Å². The predicted molar refractivity (Wildman–Crippen MR) is 115 cm³/mol. The van der Waals surface area contributed by atoms with E-state index in [1.807, 2.05) is 30.3 Å². The standard InChI is InChI=1S/C23H27N5O/c24-12-17-3-5-19(6-4-17)20-11-21(27-15-18-7-9-26-14-18)22(13-25)28-23(20)29-10-8-16-1-2-16/h3-6,11,13,16,18,25-27H,1-2,7-10,14-15H2/t18-/m0/s1. The molecule has 1 saturated heterocycles. The number of anilines is 1. The minimum Gasteiger partial charge on any atom is -0.477 e. The first-order valence-corrected chi connectivity index (χ1v) is 10.4. The Morgan fingerprint density at radius 1 is 1.24 bits per heavy atom. The Labute approximate surface area is 171 Å². The summed E-state index contributed by atoms with van der Waals surface area (Å²) in [6.07, 6.45) is 6.08. The normalized spacial score (nSPS) is 18.2.